The molecule has 17 heavy (non-hydrogen) atoms. The van der Waals surface area contributed by atoms with Gasteiger partial charge < -0.3 is 10.8 Å². The lowest BCUT2D eigenvalue weighted by atomic mass is 9.93. The highest BCUT2D eigenvalue weighted by atomic mass is 32.2. The van der Waals surface area contributed by atoms with Crippen molar-refractivity contribution in [2.24, 2.45) is 5.92 Å². The summed E-state index contributed by atoms with van der Waals surface area (Å²) in [4.78, 5) is 0. The maximum atomic E-state index is 11.4. The zero-order valence-electron chi connectivity index (χ0n) is 9.76. The number of nitrogens with two attached hydrogens (primary N) is 1. The molecule has 0 spiro atoms. The average molecular weight is 255 g/mol. The first kappa shape index (κ1) is 12.4. The van der Waals surface area contributed by atoms with Crippen molar-refractivity contribution >= 4 is 15.5 Å². The Balaban J connectivity index is 2.23. The monoisotopic (exact) mass is 255 g/mol. The quantitative estimate of drug-likeness (QED) is 0.774. The van der Waals surface area contributed by atoms with E-state index in [4.69, 9.17) is 5.73 Å². The summed E-state index contributed by atoms with van der Waals surface area (Å²) in [5.41, 5.74) is 8.04. The summed E-state index contributed by atoms with van der Waals surface area (Å²) < 4.78 is 22.7. The molecule has 1 aromatic rings. The normalized spacial score (nSPS) is 24.7. The summed E-state index contributed by atoms with van der Waals surface area (Å²) in [7, 11) is -2.97. The standard InChI is InChI=1S/C12H17NO3S/c1-8-2-3-10(11(13)6-8)12(14)9-4-5-17(15,16)7-9/h2-3,6,9,12,14H,4-5,7,13H2,1H3. The summed E-state index contributed by atoms with van der Waals surface area (Å²) in [6, 6.07) is 5.45. The van der Waals surface area contributed by atoms with Gasteiger partial charge in [-0.15, -0.1) is 0 Å². The van der Waals surface area contributed by atoms with Gasteiger partial charge in [0.2, 0.25) is 0 Å². The Bertz CT molecular complexity index is 525. The van der Waals surface area contributed by atoms with Gasteiger partial charge in [-0.05, 0) is 25.0 Å². The molecule has 2 unspecified atom stereocenters. The van der Waals surface area contributed by atoms with Crippen molar-refractivity contribution < 1.29 is 13.5 Å². The minimum absolute atomic E-state index is 0.0570. The van der Waals surface area contributed by atoms with Crippen LogP contribution in [-0.2, 0) is 9.84 Å². The second kappa shape index (κ2) is 4.31. The molecule has 0 amide bonds. The van der Waals surface area contributed by atoms with E-state index in [2.05, 4.69) is 0 Å². The Morgan fingerprint density at radius 3 is 2.71 bits per heavy atom. The third-order valence-corrected chi connectivity index (χ3v) is 5.07. The summed E-state index contributed by atoms with van der Waals surface area (Å²) in [5, 5.41) is 10.2. The second-order valence-electron chi connectivity index (χ2n) is 4.74. The van der Waals surface area contributed by atoms with Crippen molar-refractivity contribution in [2.45, 2.75) is 19.4 Å². The van der Waals surface area contributed by atoms with Gasteiger partial charge in [0.25, 0.3) is 0 Å². The van der Waals surface area contributed by atoms with Gasteiger partial charge in [0.05, 0.1) is 17.6 Å². The molecule has 0 aliphatic carbocycles. The van der Waals surface area contributed by atoms with E-state index in [1.54, 1.807) is 12.1 Å². The van der Waals surface area contributed by atoms with Gasteiger partial charge in [-0.3, -0.25) is 0 Å². The molecule has 3 N–H and O–H groups in total. The fraction of sp³-hybridized carbons (Fsp3) is 0.500. The number of anilines is 1. The largest absolute Gasteiger partial charge is 0.398 e. The fourth-order valence-corrected chi connectivity index (χ4v) is 4.12. The third kappa shape index (κ3) is 2.61. The average Bonchev–Trinajstić information content (AvgIpc) is 2.58. The van der Waals surface area contributed by atoms with E-state index < -0.39 is 15.9 Å². The lowest BCUT2D eigenvalue weighted by molar-refractivity contribution is 0.122. The number of hydrogen-bond donors (Lipinski definition) is 2. The summed E-state index contributed by atoms with van der Waals surface area (Å²) >= 11 is 0. The molecule has 2 atom stereocenters. The number of aliphatic hydroxyl groups is 1. The van der Waals surface area contributed by atoms with Crippen molar-refractivity contribution in [3.8, 4) is 0 Å². The number of aliphatic hydroxyl groups excluding tert-OH is 1. The van der Waals surface area contributed by atoms with Gasteiger partial charge in [-0.2, -0.15) is 0 Å². The molecule has 5 heteroatoms. The number of nitrogen functional groups attached to an aromatic ring is 1. The summed E-state index contributed by atoms with van der Waals surface area (Å²) in [6.07, 6.45) is -0.274. The molecule has 1 fully saturated rings. The van der Waals surface area contributed by atoms with Gasteiger partial charge in [-0.25, -0.2) is 8.42 Å². The molecule has 1 aliphatic heterocycles. The SMILES string of the molecule is Cc1ccc(C(O)C2CCS(=O)(=O)C2)c(N)c1. The first-order chi connectivity index (χ1) is 7.89. The van der Waals surface area contributed by atoms with Crippen molar-refractivity contribution in [3.05, 3.63) is 29.3 Å². The van der Waals surface area contributed by atoms with Crippen molar-refractivity contribution in [1.29, 1.82) is 0 Å². The minimum atomic E-state index is -2.97. The van der Waals surface area contributed by atoms with E-state index in [1.807, 2.05) is 13.0 Å². The van der Waals surface area contributed by atoms with Crippen LogP contribution in [0.25, 0.3) is 0 Å². The molecule has 0 bridgehead atoms. The Labute approximate surface area is 101 Å². The third-order valence-electron chi connectivity index (χ3n) is 3.28. The van der Waals surface area contributed by atoms with Gasteiger partial charge in [0.15, 0.2) is 9.84 Å². The maximum Gasteiger partial charge on any atom is 0.150 e. The highest BCUT2D eigenvalue weighted by molar-refractivity contribution is 7.91. The van der Waals surface area contributed by atoms with Crippen LogP contribution in [0.2, 0.25) is 0 Å². The summed E-state index contributed by atoms with van der Waals surface area (Å²) in [6.45, 7) is 1.92. The predicted octanol–water partition coefficient (Wildman–Crippen LogP) is 1.05. The minimum Gasteiger partial charge on any atom is -0.398 e. The molecule has 0 saturated carbocycles. The maximum absolute atomic E-state index is 11.4. The molecule has 2 rings (SSSR count). The van der Waals surface area contributed by atoms with Crippen LogP contribution in [0.15, 0.2) is 18.2 Å². The van der Waals surface area contributed by atoms with Crippen molar-refractivity contribution in [1.82, 2.24) is 0 Å². The molecule has 1 aromatic carbocycles. The first-order valence-corrected chi connectivity index (χ1v) is 7.46. The Kier molecular flexibility index (Phi) is 3.14. The predicted molar refractivity (Wildman–Crippen MR) is 67.3 cm³/mol. The van der Waals surface area contributed by atoms with Crippen LogP contribution in [0.3, 0.4) is 0 Å². The van der Waals surface area contributed by atoms with Crippen LogP contribution in [0, 0.1) is 12.8 Å². The van der Waals surface area contributed by atoms with Gasteiger partial charge in [0, 0.05) is 17.2 Å². The van der Waals surface area contributed by atoms with E-state index in [0.29, 0.717) is 17.7 Å². The first-order valence-electron chi connectivity index (χ1n) is 5.63. The molecule has 0 aromatic heterocycles. The van der Waals surface area contributed by atoms with Crippen molar-refractivity contribution in [3.63, 3.8) is 0 Å². The topological polar surface area (TPSA) is 80.4 Å². The van der Waals surface area contributed by atoms with E-state index in [0.717, 1.165) is 5.56 Å². The van der Waals surface area contributed by atoms with Crippen molar-refractivity contribution in [2.75, 3.05) is 17.2 Å². The molecule has 4 nitrogen and oxygen atoms in total. The Hall–Kier alpha value is -1.07. The lowest BCUT2D eigenvalue weighted by Crippen LogP contribution is -2.15. The van der Waals surface area contributed by atoms with Crippen LogP contribution in [-0.4, -0.2) is 25.0 Å². The zero-order valence-corrected chi connectivity index (χ0v) is 10.6. The zero-order chi connectivity index (χ0) is 12.6. The van der Waals surface area contributed by atoms with Crippen LogP contribution < -0.4 is 5.73 Å². The van der Waals surface area contributed by atoms with E-state index >= 15 is 0 Å². The van der Waals surface area contributed by atoms with E-state index in [9.17, 15) is 13.5 Å². The molecule has 1 aliphatic rings. The molecule has 1 heterocycles. The summed E-state index contributed by atoms with van der Waals surface area (Å²) in [5.74, 6) is -0.00729. The number of hydrogen-bond acceptors (Lipinski definition) is 4. The Morgan fingerprint density at radius 2 is 2.18 bits per heavy atom. The highest BCUT2D eigenvalue weighted by Crippen LogP contribution is 2.34. The fourth-order valence-electron chi connectivity index (χ4n) is 2.29. The van der Waals surface area contributed by atoms with E-state index in [1.165, 1.54) is 0 Å². The molecule has 94 valence electrons. The van der Waals surface area contributed by atoms with Crippen LogP contribution >= 0.6 is 0 Å². The van der Waals surface area contributed by atoms with Crippen LogP contribution in [0.5, 0.6) is 0 Å². The molecular formula is C12H17NO3S. The van der Waals surface area contributed by atoms with Crippen LogP contribution in [0.1, 0.15) is 23.7 Å². The van der Waals surface area contributed by atoms with E-state index in [-0.39, 0.29) is 17.4 Å². The number of aryl methyl sites for hydroxylation is 1. The second-order valence-corrected chi connectivity index (χ2v) is 6.97. The highest BCUT2D eigenvalue weighted by Gasteiger charge is 2.34. The molecule has 0 radical (unpaired) electrons. The molecular weight excluding hydrogens is 238 g/mol. The van der Waals surface area contributed by atoms with Crippen LogP contribution in [0.4, 0.5) is 5.69 Å². The number of benzene rings is 1. The lowest BCUT2D eigenvalue weighted by Gasteiger charge is -2.19. The molecule has 1 saturated heterocycles. The number of rotatable bonds is 2. The number of sulfone groups is 1. The van der Waals surface area contributed by atoms with Gasteiger partial charge in [0.1, 0.15) is 0 Å². The smallest absolute Gasteiger partial charge is 0.150 e. The van der Waals surface area contributed by atoms with Gasteiger partial charge in [-0.1, -0.05) is 12.1 Å². The Morgan fingerprint density at radius 1 is 1.47 bits per heavy atom. The van der Waals surface area contributed by atoms with Gasteiger partial charge >= 0.3 is 0 Å².